The second kappa shape index (κ2) is 4.71. The van der Waals surface area contributed by atoms with Crippen LogP contribution in [-0.2, 0) is 0 Å². The minimum absolute atomic E-state index is 0.558. The first-order valence-corrected chi connectivity index (χ1v) is 6.80. The van der Waals surface area contributed by atoms with Crippen molar-refractivity contribution in [2.45, 2.75) is 0 Å². The number of aromatic nitrogens is 5. The van der Waals surface area contributed by atoms with Crippen molar-refractivity contribution in [3.8, 4) is 16.9 Å². The first kappa shape index (κ1) is 12.1. The van der Waals surface area contributed by atoms with Crippen LogP contribution in [0.1, 0.15) is 0 Å². The van der Waals surface area contributed by atoms with E-state index >= 15 is 0 Å². The summed E-state index contributed by atoms with van der Waals surface area (Å²) in [5.74, 6) is 0. The summed E-state index contributed by atoms with van der Waals surface area (Å²) in [5.41, 5.74) is 3.29. The smallest absolute Gasteiger partial charge is 0.138 e. The van der Waals surface area contributed by atoms with Gasteiger partial charge in [-0.1, -0.05) is 35.0 Å². The van der Waals surface area contributed by atoms with E-state index in [1.165, 1.54) is 0 Å². The van der Waals surface area contributed by atoms with Gasteiger partial charge in [-0.3, -0.25) is 0 Å². The van der Waals surface area contributed by atoms with Crippen LogP contribution in [-0.4, -0.2) is 25.0 Å². The molecule has 0 unspecified atom stereocenters. The number of benzene rings is 1. The molecule has 0 saturated carbocycles. The quantitative estimate of drug-likeness (QED) is 0.616. The van der Waals surface area contributed by atoms with Gasteiger partial charge in [-0.2, -0.15) is 0 Å². The van der Waals surface area contributed by atoms with E-state index in [1.54, 1.807) is 10.9 Å². The number of para-hydroxylation sites is 1. The van der Waals surface area contributed by atoms with Crippen molar-refractivity contribution < 1.29 is 0 Å². The largest absolute Gasteiger partial charge is 0.346 e. The highest BCUT2D eigenvalue weighted by Crippen LogP contribution is 2.32. The highest BCUT2D eigenvalue weighted by molar-refractivity contribution is 6.34. The molecule has 0 aliphatic carbocycles. The van der Waals surface area contributed by atoms with Crippen molar-refractivity contribution in [3.63, 3.8) is 0 Å². The van der Waals surface area contributed by atoms with Crippen LogP contribution >= 0.6 is 11.6 Å². The Morgan fingerprint density at radius 2 is 1.95 bits per heavy atom. The molecule has 21 heavy (non-hydrogen) atoms. The Hall–Kier alpha value is -2.66. The number of hydrogen-bond donors (Lipinski definition) is 1. The number of H-pyrrole nitrogens is 1. The van der Waals surface area contributed by atoms with Gasteiger partial charge >= 0.3 is 0 Å². The molecule has 1 aromatic carbocycles. The molecular formula is C15H10ClN5. The maximum absolute atomic E-state index is 6.30. The van der Waals surface area contributed by atoms with E-state index in [0.29, 0.717) is 5.02 Å². The van der Waals surface area contributed by atoms with E-state index in [-0.39, 0.29) is 0 Å². The molecule has 0 aliphatic heterocycles. The first-order valence-electron chi connectivity index (χ1n) is 6.42. The zero-order chi connectivity index (χ0) is 14.2. The highest BCUT2D eigenvalue weighted by Gasteiger charge is 2.14. The molecule has 5 nitrogen and oxygen atoms in total. The van der Waals surface area contributed by atoms with E-state index in [4.69, 9.17) is 11.6 Å². The highest BCUT2D eigenvalue weighted by atomic mass is 35.5. The van der Waals surface area contributed by atoms with Crippen LogP contribution in [0.4, 0.5) is 0 Å². The van der Waals surface area contributed by atoms with Crippen molar-refractivity contribution in [2.24, 2.45) is 0 Å². The summed E-state index contributed by atoms with van der Waals surface area (Å²) in [6.07, 6.45) is 5.32. The van der Waals surface area contributed by atoms with Gasteiger partial charge in [0.05, 0.1) is 16.9 Å². The summed E-state index contributed by atoms with van der Waals surface area (Å²) in [6, 6.07) is 11.8. The van der Waals surface area contributed by atoms with E-state index in [9.17, 15) is 0 Å². The van der Waals surface area contributed by atoms with Crippen molar-refractivity contribution in [3.05, 3.63) is 60.0 Å². The summed E-state index contributed by atoms with van der Waals surface area (Å²) in [7, 11) is 0. The molecule has 0 spiro atoms. The van der Waals surface area contributed by atoms with Crippen LogP contribution in [0.3, 0.4) is 0 Å². The van der Waals surface area contributed by atoms with Gasteiger partial charge in [-0.25, -0.2) is 9.67 Å². The summed E-state index contributed by atoms with van der Waals surface area (Å²) in [6.45, 7) is 0. The molecular weight excluding hydrogens is 286 g/mol. The number of fused-ring (bicyclic) bond motifs is 1. The standard InChI is InChI=1S/C15H10ClN5/c16-12-8-18-15-11(6-7-17-15)14(12)13-9-21(20-19-13)10-4-2-1-3-5-10/h1-9H,(H,17,18). The molecule has 0 radical (unpaired) electrons. The minimum Gasteiger partial charge on any atom is -0.346 e. The average Bonchev–Trinajstić information content (AvgIpc) is 3.17. The third-order valence-corrected chi connectivity index (χ3v) is 3.60. The maximum atomic E-state index is 6.30. The predicted molar refractivity (Wildman–Crippen MR) is 81.5 cm³/mol. The van der Waals surface area contributed by atoms with Gasteiger partial charge in [0, 0.05) is 23.3 Å². The van der Waals surface area contributed by atoms with Gasteiger partial charge in [-0.15, -0.1) is 5.10 Å². The molecule has 3 heterocycles. The molecule has 4 rings (SSSR count). The average molecular weight is 296 g/mol. The number of hydrogen-bond acceptors (Lipinski definition) is 3. The summed E-state index contributed by atoms with van der Waals surface area (Å²) < 4.78 is 1.73. The topological polar surface area (TPSA) is 59.4 Å². The van der Waals surface area contributed by atoms with Crippen LogP contribution in [0.25, 0.3) is 28.0 Å². The fourth-order valence-corrected chi connectivity index (χ4v) is 2.58. The molecule has 0 amide bonds. The lowest BCUT2D eigenvalue weighted by atomic mass is 10.1. The Labute approximate surface area is 125 Å². The second-order valence-electron chi connectivity index (χ2n) is 4.60. The van der Waals surface area contributed by atoms with Crippen molar-refractivity contribution in [1.29, 1.82) is 0 Å². The molecule has 6 heteroatoms. The van der Waals surface area contributed by atoms with E-state index < -0.39 is 0 Å². The maximum Gasteiger partial charge on any atom is 0.138 e. The molecule has 3 aromatic heterocycles. The molecule has 0 aliphatic rings. The molecule has 0 fully saturated rings. The molecule has 102 valence electrons. The number of nitrogens with zero attached hydrogens (tertiary/aromatic N) is 4. The third kappa shape index (κ3) is 1.98. The van der Waals surface area contributed by atoms with Crippen molar-refractivity contribution in [1.82, 2.24) is 25.0 Å². The Kier molecular flexibility index (Phi) is 2.72. The van der Waals surface area contributed by atoms with Gasteiger partial charge in [-0.05, 0) is 18.2 Å². The first-order chi connectivity index (χ1) is 10.3. The number of rotatable bonds is 2. The zero-order valence-corrected chi connectivity index (χ0v) is 11.6. The SMILES string of the molecule is Clc1cnc2[nH]ccc2c1-c1cn(-c2ccccc2)nn1. The Balaban J connectivity index is 1.89. The molecule has 1 N–H and O–H groups in total. The van der Waals surface area contributed by atoms with Crippen LogP contribution in [0.15, 0.2) is 55.0 Å². The monoisotopic (exact) mass is 295 g/mol. The van der Waals surface area contributed by atoms with E-state index in [2.05, 4.69) is 20.3 Å². The molecule has 4 aromatic rings. The summed E-state index contributed by atoms with van der Waals surface area (Å²) >= 11 is 6.30. The number of nitrogens with one attached hydrogen (secondary N) is 1. The Morgan fingerprint density at radius 1 is 1.10 bits per heavy atom. The lowest BCUT2D eigenvalue weighted by Crippen LogP contribution is -1.93. The zero-order valence-electron chi connectivity index (χ0n) is 10.9. The van der Waals surface area contributed by atoms with Crippen molar-refractivity contribution in [2.75, 3.05) is 0 Å². The van der Waals surface area contributed by atoms with Crippen LogP contribution < -0.4 is 0 Å². The fourth-order valence-electron chi connectivity index (χ4n) is 2.33. The fraction of sp³-hybridized carbons (Fsp3) is 0. The predicted octanol–water partition coefficient (Wildman–Crippen LogP) is 3.46. The normalized spacial score (nSPS) is 11.1. The molecule has 0 bridgehead atoms. The van der Waals surface area contributed by atoms with Gasteiger partial charge in [0.25, 0.3) is 0 Å². The van der Waals surface area contributed by atoms with E-state index in [0.717, 1.165) is 28.0 Å². The van der Waals surface area contributed by atoms with E-state index in [1.807, 2.05) is 48.8 Å². The van der Waals surface area contributed by atoms with Gasteiger partial charge in [0.1, 0.15) is 11.3 Å². The third-order valence-electron chi connectivity index (χ3n) is 3.31. The summed E-state index contributed by atoms with van der Waals surface area (Å²) in [4.78, 5) is 7.32. The minimum atomic E-state index is 0.558. The van der Waals surface area contributed by atoms with Crippen LogP contribution in [0.5, 0.6) is 0 Å². The number of pyridine rings is 1. The van der Waals surface area contributed by atoms with Gasteiger partial charge in [0.2, 0.25) is 0 Å². The van der Waals surface area contributed by atoms with Crippen LogP contribution in [0.2, 0.25) is 5.02 Å². The second-order valence-corrected chi connectivity index (χ2v) is 5.01. The Morgan fingerprint density at radius 3 is 2.81 bits per heavy atom. The molecule has 0 atom stereocenters. The van der Waals surface area contributed by atoms with Crippen molar-refractivity contribution >= 4 is 22.6 Å². The van der Waals surface area contributed by atoms with Gasteiger partial charge < -0.3 is 4.98 Å². The number of aromatic amines is 1. The number of halogens is 1. The lowest BCUT2D eigenvalue weighted by molar-refractivity contribution is 0.804. The molecule has 0 saturated heterocycles. The van der Waals surface area contributed by atoms with Crippen LogP contribution in [0, 0.1) is 0 Å². The lowest BCUT2D eigenvalue weighted by Gasteiger charge is -2.01. The summed E-state index contributed by atoms with van der Waals surface area (Å²) in [5, 5.41) is 9.90. The Bertz CT molecular complexity index is 910. The van der Waals surface area contributed by atoms with Gasteiger partial charge in [0.15, 0.2) is 0 Å².